The zero-order valence-corrected chi connectivity index (χ0v) is 18.4. The third-order valence-corrected chi connectivity index (χ3v) is 6.65. The second-order valence-electron chi connectivity index (χ2n) is 7.93. The molecule has 5 aromatic carbocycles. The van der Waals surface area contributed by atoms with Crippen molar-refractivity contribution >= 4 is 39.8 Å². The lowest BCUT2D eigenvalue weighted by Crippen LogP contribution is -2.00. The van der Waals surface area contributed by atoms with Crippen LogP contribution in [0, 0.1) is 0 Å². The molecule has 0 saturated carbocycles. The van der Waals surface area contributed by atoms with Crippen LogP contribution in [0.4, 0.5) is 0 Å². The summed E-state index contributed by atoms with van der Waals surface area (Å²) in [6, 6.07) is 31.7. The van der Waals surface area contributed by atoms with Crippen molar-refractivity contribution in [2.24, 2.45) is 0 Å². The molecule has 0 amide bonds. The fraction of sp³-hybridized carbons (Fsp3) is 0. The van der Waals surface area contributed by atoms with Crippen LogP contribution in [0.25, 0.3) is 44.2 Å². The fourth-order valence-electron chi connectivity index (χ4n) is 4.80. The molecule has 1 aliphatic rings. The molecule has 0 aromatic heterocycles. The highest BCUT2D eigenvalue weighted by molar-refractivity contribution is 6.33. The Hall–Kier alpha value is -3.39. The highest BCUT2D eigenvalue weighted by Gasteiger charge is 2.34. The van der Waals surface area contributed by atoms with E-state index >= 15 is 0 Å². The SMILES string of the molecule is O=C1c2ccccc2-c2c1c(-c1ccc(Cl)cc1)c1ccccc1c2-c1ccc(Cl)cc1. The molecule has 0 unspecified atom stereocenters. The standard InChI is InChI=1S/C29H16Cl2O/c30-19-13-9-17(10-14-19)25-21-5-1-2-6-22(21)26(18-11-15-20(31)16-12-18)28-27(25)23-7-3-4-8-24(23)29(28)32/h1-16H. The number of hydrogen-bond donors (Lipinski definition) is 0. The van der Waals surface area contributed by atoms with Gasteiger partial charge in [-0.15, -0.1) is 0 Å². The van der Waals surface area contributed by atoms with Crippen LogP contribution in [0.1, 0.15) is 15.9 Å². The topological polar surface area (TPSA) is 17.1 Å². The summed E-state index contributed by atoms with van der Waals surface area (Å²) in [6.45, 7) is 0. The third kappa shape index (κ3) is 2.82. The maximum atomic E-state index is 13.8. The van der Waals surface area contributed by atoms with Crippen LogP contribution in [0.15, 0.2) is 97.1 Å². The maximum absolute atomic E-state index is 13.8. The molecule has 152 valence electrons. The van der Waals surface area contributed by atoms with E-state index in [1.807, 2.05) is 84.9 Å². The van der Waals surface area contributed by atoms with Gasteiger partial charge in [0.15, 0.2) is 5.78 Å². The Balaban J connectivity index is 1.83. The van der Waals surface area contributed by atoms with E-state index in [0.29, 0.717) is 10.0 Å². The van der Waals surface area contributed by atoms with Gasteiger partial charge >= 0.3 is 0 Å². The lowest BCUT2D eigenvalue weighted by atomic mass is 9.83. The van der Waals surface area contributed by atoms with Crippen molar-refractivity contribution < 1.29 is 4.79 Å². The molecule has 0 N–H and O–H groups in total. The van der Waals surface area contributed by atoms with Gasteiger partial charge in [0.25, 0.3) is 0 Å². The Bertz CT molecular complexity index is 1530. The summed E-state index contributed by atoms with van der Waals surface area (Å²) in [5.74, 6) is 0.0570. The van der Waals surface area contributed by atoms with Crippen LogP contribution in [0.3, 0.4) is 0 Å². The molecular weight excluding hydrogens is 435 g/mol. The quantitative estimate of drug-likeness (QED) is 0.257. The molecular formula is C29H16Cl2O. The normalized spacial score (nSPS) is 12.1. The van der Waals surface area contributed by atoms with Gasteiger partial charge in [0.05, 0.1) is 0 Å². The smallest absolute Gasteiger partial charge is 0.194 e. The molecule has 0 aliphatic heterocycles. The van der Waals surface area contributed by atoms with Gasteiger partial charge in [0.2, 0.25) is 0 Å². The van der Waals surface area contributed by atoms with E-state index in [2.05, 4.69) is 12.1 Å². The summed E-state index contributed by atoms with van der Waals surface area (Å²) >= 11 is 12.4. The van der Waals surface area contributed by atoms with Gasteiger partial charge in [-0.3, -0.25) is 4.79 Å². The van der Waals surface area contributed by atoms with E-state index in [4.69, 9.17) is 23.2 Å². The Morgan fingerprint density at radius 2 is 0.875 bits per heavy atom. The number of halogens is 2. The molecule has 0 heterocycles. The first-order valence-corrected chi connectivity index (χ1v) is 11.1. The lowest BCUT2D eigenvalue weighted by Gasteiger charge is -2.19. The fourth-order valence-corrected chi connectivity index (χ4v) is 5.05. The molecule has 1 nitrogen and oxygen atoms in total. The zero-order chi connectivity index (χ0) is 21.8. The summed E-state index contributed by atoms with van der Waals surface area (Å²) < 4.78 is 0. The molecule has 0 atom stereocenters. The molecule has 1 aliphatic carbocycles. The van der Waals surface area contributed by atoms with Crippen molar-refractivity contribution in [2.45, 2.75) is 0 Å². The Morgan fingerprint density at radius 3 is 1.41 bits per heavy atom. The number of carbonyl (C=O) groups excluding carboxylic acids is 1. The molecule has 0 spiro atoms. The summed E-state index contributed by atoms with van der Waals surface area (Å²) in [4.78, 5) is 13.8. The maximum Gasteiger partial charge on any atom is 0.194 e. The predicted molar refractivity (Wildman–Crippen MR) is 134 cm³/mol. The summed E-state index contributed by atoms with van der Waals surface area (Å²) in [5, 5.41) is 3.49. The van der Waals surface area contributed by atoms with Crippen molar-refractivity contribution in [1.29, 1.82) is 0 Å². The average Bonchev–Trinajstić information content (AvgIpc) is 3.11. The highest BCUT2D eigenvalue weighted by Crippen LogP contribution is 2.51. The van der Waals surface area contributed by atoms with Gasteiger partial charge in [-0.2, -0.15) is 0 Å². The first-order chi connectivity index (χ1) is 15.6. The number of ketones is 1. The van der Waals surface area contributed by atoms with Crippen LogP contribution < -0.4 is 0 Å². The number of carbonyl (C=O) groups is 1. The molecule has 0 radical (unpaired) electrons. The second-order valence-corrected chi connectivity index (χ2v) is 8.81. The first-order valence-electron chi connectivity index (χ1n) is 10.4. The molecule has 32 heavy (non-hydrogen) atoms. The van der Waals surface area contributed by atoms with E-state index in [1.165, 1.54) is 0 Å². The van der Waals surface area contributed by atoms with Crippen LogP contribution in [-0.2, 0) is 0 Å². The molecule has 0 fully saturated rings. The second kappa shape index (κ2) is 7.34. The summed E-state index contributed by atoms with van der Waals surface area (Å²) in [6.07, 6.45) is 0. The van der Waals surface area contributed by atoms with Gasteiger partial charge in [0, 0.05) is 32.3 Å². The minimum absolute atomic E-state index is 0.0570. The van der Waals surface area contributed by atoms with Crippen LogP contribution in [0.2, 0.25) is 10.0 Å². The summed E-state index contributed by atoms with van der Waals surface area (Å²) in [5.41, 5.74) is 7.46. The van der Waals surface area contributed by atoms with Crippen LogP contribution in [-0.4, -0.2) is 5.78 Å². The predicted octanol–water partition coefficient (Wildman–Crippen LogP) is 8.69. The molecule has 3 heteroatoms. The Morgan fingerprint density at radius 1 is 0.438 bits per heavy atom. The minimum atomic E-state index is 0.0570. The summed E-state index contributed by atoms with van der Waals surface area (Å²) in [7, 11) is 0. The van der Waals surface area contributed by atoms with Crippen molar-refractivity contribution in [3.8, 4) is 33.4 Å². The molecule has 0 bridgehead atoms. The number of fused-ring (bicyclic) bond motifs is 4. The van der Waals surface area contributed by atoms with Crippen molar-refractivity contribution in [3.05, 3.63) is 118 Å². The van der Waals surface area contributed by atoms with E-state index in [1.54, 1.807) is 0 Å². The third-order valence-electron chi connectivity index (χ3n) is 6.15. The zero-order valence-electron chi connectivity index (χ0n) is 16.9. The van der Waals surface area contributed by atoms with Gasteiger partial charge in [-0.25, -0.2) is 0 Å². The van der Waals surface area contributed by atoms with Gasteiger partial charge < -0.3 is 0 Å². The van der Waals surface area contributed by atoms with E-state index < -0.39 is 0 Å². The molecule has 5 aromatic rings. The number of benzene rings is 5. The van der Waals surface area contributed by atoms with Crippen molar-refractivity contribution in [2.75, 3.05) is 0 Å². The lowest BCUT2D eigenvalue weighted by molar-refractivity contribution is 0.104. The minimum Gasteiger partial charge on any atom is -0.289 e. The number of hydrogen-bond acceptors (Lipinski definition) is 1. The Kier molecular flexibility index (Phi) is 4.43. The van der Waals surface area contributed by atoms with Crippen molar-refractivity contribution in [1.82, 2.24) is 0 Å². The van der Waals surface area contributed by atoms with Crippen LogP contribution in [0.5, 0.6) is 0 Å². The average molecular weight is 451 g/mol. The number of rotatable bonds is 2. The molecule has 0 saturated heterocycles. The van der Waals surface area contributed by atoms with Gasteiger partial charge in [0.1, 0.15) is 0 Å². The van der Waals surface area contributed by atoms with Crippen molar-refractivity contribution in [3.63, 3.8) is 0 Å². The highest BCUT2D eigenvalue weighted by atomic mass is 35.5. The molecule has 6 rings (SSSR count). The van der Waals surface area contributed by atoms with Crippen LogP contribution >= 0.6 is 23.2 Å². The largest absolute Gasteiger partial charge is 0.289 e. The van der Waals surface area contributed by atoms with E-state index in [9.17, 15) is 4.79 Å². The van der Waals surface area contributed by atoms with Gasteiger partial charge in [-0.05, 0) is 57.3 Å². The monoisotopic (exact) mass is 450 g/mol. The first kappa shape index (κ1) is 19.3. The van der Waals surface area contributed by atoms with E-state index in [-0.39, 0.29) is 5.78 Å². The Labute approximate surface area is 195 Å². The van der Waals surface area contributed by atoms with Gasteiger partial charge in [-0.1, -0.05) is 96.0 Å². The van der Waals surface area contributed by atoms with E-state index in [0.717, 1.165) is 55.3 Å².